The molecule has 3 rings (SSSR count). The minimum atomic E-state index is -0.653. The lowest BCUT2D eigenvalue weighted by atomic mass is 9.90. The van der Waals surface area contributed by atoms with Crippen LogP contribution in [0.4, 0.5) is 9.18 Å². The number of nitrogens with two attached hydrogens (primary N) is 1. The summed E-state index contributed by atoms with van der Waals surface area (Å²) in [6, 6.07) is 15.7. The highest BCUT2D eigenvalue weighted by Gasteiger charge is 2.38. The summed E-state index contributed by atoms with van der Waals surface area (Å²) in [5, 5.41) is 0. The van der Waals surface area contributed by atoms with E-state index in [1.165, 1.54) is 12.1 Å². The van der Waals surface area contributed by atoms with Gasteiger partial charge in [-0.05, 0) is 29.7 Å². The first-order valence-corrected chi connectivity index (χ1v) is 7.57. The average Bonchev–Trinajstić information content (AvgIpc) is 2.98. The zero-order chi connectivity index (χ0) is 16.3. The van der Waals surface area contributed by atoms with E-state index in [9.17, 15) is 9.18 Å². The molecular formula is C18H19FN2O2. The number of carbonyl (C=O) groups excluding carboxylic acids is 1. The second kappa shape index (κ2) is 6.38. The number of carbonyl (C=O) groups is 1. The highest BCUT2D eigenvalue weighted by atomic mass is 19.1. The van der Waals surface area contributed by atoms with E-state index in [0.29, 0.717) is 19.5 Å². The van der Waals surface area contributed by atoms with E-state index in [4.69, 9.17) is 10.5 Å². The summed E-state index contributed by atoms with van der Waals surface area (Å²) in [4.78, 5) is 13.8. The quantitative estimate of drug-likeness (QED) is 0.947. The van der Waals surface area contributed by atoms with Crippen molar-refractivity contribution in [2.45, 2.75) is 18.6 Å². The molecule has 0 bridgehead atoms. The maximum atomic E-state index is 13.0. The van der Waals surface area contributed by atoms with Gasteiger partial charge in [0.15, 0.2) is 0 Å². The van der Waals surface area contributed by atoms with Crippen molar-refractivity contribution in [1.29, 1.82) is 0 Å². The zero-order valence-corrected chi connectivity index (χ0v) is 12.7. The molecule has 0 spiro atoms. The first kappa shape index (κ1) is 15.5. The lowest BCUT2D eigenvalue weighted by molar-refractivity contribution is 0.102. The van der Waals surface area contributed by atoms with Gasteiger partial charge < -0.3 is 15.4 Å². The third-order valence-electron chi connectivity index (χ3n) is 4.18. The van der Waals surface area contributed by atoms with E-state index in [2.05, 4.69) is 0 Å². The summed E-state index contributed by atoms with van der Waals surface area (Å²) < 4.78 is 18.4. The van der Waals surface area contributed by atoms with Crippen LogP contribution < -0.4 is 5.73 Å². The van der Waals surface area contributed by atoms with Gasteiger partial charge in [-0.3, -0.25) is 0 Å². The Hall–Kier alpha value is -2.40. The van der Waals surface area contributed by atoms with Crippen molar-refractivity contribution >= 4 is 6.09 Å². The fraction of sp³-hybridized carbons (Fsp3) is 0.278. The molecule has 0 radical (unpaired) electrons. The molecular weight excluding hydrogens is 295 g/mol. The highest BCUT2D eigenvalue weighted by Crippen LogP contribution is 2.30. The maximum absolute atomic E-state index is 13.0. The van der Waals surface area contributed by atoms with Crippen molar-refractivity contribution < 1.29 is 13.9 Å². The number of amides is 1. The number of nitrogens with zero attached hydrogens (tertiary/aromatic N) is 1. The molecule has 120 valence electrons. The van der Waals surface area contributed by atoms with Crippen LogP contribution >= 0.6 is 0 Å². The smallest absolute Gasteiger partial charge is 0.410 e. The van der Waals surface area contributed by atoms with Gasteiger partial charge in [-0.1, -0.05) is 42.5 Å². The third-order valence-corrected chi connectivity index (χ3v) is 4.18. The Morgan fingerprint density at radius 1 is 1.17 bits per heavy atom. The first-order valence-electron chi connectivity index (χ1n) is 7.57. The number of halogens is 1. The first-order chi connectivity index (χ1) is 11.1. The van der Waals surface area contributed by atoms with Gasteiger partial charge in [-0.2, -0.15) is 0 Å². The van der Waals surface area contributed by atoms with Gasteiger partial charge in [0.05, 0.1) is 5.54 Å². The van der Waals surface area contributed by atoms with Crippen LogP contribution in [0.3, 0.4) is 0 Å². The summed E-state index contributed by atoms with van der Waals surface area (Å²) >= 11 is 0. The van der Waals surface area contributed by atoms with Crippen molar-refractivity contribution in [3.63, 3.8) is 0 Å². The van der Waals surface area contributed by atoms with Gasteiger partial charge >= 0.3 is 6.09 Å². The van der Waals surface area contributed by atoms with Gasteiger partial charge in [-0.15, -0.1) is 0 Å². The minimum absolute atomic E-state index is 0.240. The lowest BCUT2D eigenvalue weighted by Crippen LogP contribution is -2.41. The molecule has 0 aliphatic carbocycles. The van der Waals surface area contributed by atoms with Crippen LogP contribution in [-0.2, 0) is 16.9 Å². The largest absolute Gasteiger partial charge is 0.445 e. The minimum Gasteiger partial charge on any atom is -0.445 e. The van der Waals surface area contributed by atoms with Crippen LogP contribution in [0.15, 0.2) is 54.6 Å². The van der Waals surface area contributed by atoms with E-state index in [1.807, 2.05) is 30.3 Å². The van der Waals surface area contributed by atoms with Crippen molar-refractivity contribution in [1.82, 2.24) is 4.90 Å². The van der Waals surface area contributed by atoms with Gasteiger partial charge in [0.2, 0.25) is 0 Å². The summed E-state index contributed by atoms with van der Waals surface area (Å²) in [7, 11) is 0. The van der Waals surface area contributed by atoms with Crippen molar-refractivity contribution in [2.75, 3.05) is 13.1 Å². The summed E-state index contributed by atoms with van der Waals surface area (Å²) in [6.45, 7) is 1.14. The monoisotopic (exact) mass is 314 g/mol. The van der Waals surface area contributed by atoms with Crippen LogP contribution in [-0.4, -0.2) is 24.1 Å². The zero-order valence-electron chi connectivity index (χ0n) is 12.7. The molecule has 2 aromatic carbocycles. The molecule has 1 saturated heterocycles. The molecule has 1 atom stereocenters. The van der Waals surface area contributed by atoms with Gasteiger partial charge in [0, 0.05) is 13.1 Å². The van der Waals surface area contributed by atoms with E-state index in [1.54, 1.807) is 17.0 Å². The third kappa shape index (κ3) is 3.51. The molecule has 2 N–H and O–H groups in total. The summed E-state index contributed by atoms with van der Waals surface area (Å²) in [5.74, 6) is -0.297. The fourth-order valence-electron chi connectivity index (χ4n) is 2.82. The number of benzene rings is 2. The second-order valence-electron chi connectivity index (χ2n) is 5.87. The molecule has 1 heterocycles. The molecule has 23 heavy (non-hydrogen) atoms. The molecule has 2 aromatic rings. The number of ether oxygens (including phenoxy) is 1. The van der Waals surface area contributed by atoms with Gasteiger partial charge in [0.1, 0.15) is 12.4 Å². The molecule has 1 aliphatic heterocycles. The van der Waals surface area contributed by atoms with Crippen LogP contribution in [0.1, 0.15) is 17.5 Å². The molecule has 1 amide bonds. The summed E-state index contributed by atoms with van der Waals surface area (Å²) in [5.41, 5.74) is 7.51. The molecule has 5 heteroatoms. The van der Waals surface area contributed by atoms with E-state index in [-0.39, 0.29) is 18.5 Å². The number of hydrogen-bond acceptors (Lipinski definition) is 3. The molecule has 4 nitrogen and oxygen atoms in total. The fourth-order valence-corrected chi connectivity index (χ4v) is 2.82. The normalized spacial score (nSPS) is 20.5. The molecule has 1 fully saturated rings. The van der Waals surface area contributed by atoms with Crippen molar-refractivity contribution in [3.8, 4) is 0 Å². The lowest BCUT2D eigenvalue weighted by Gasteiger charge is -2.25. The highest BCUT2D eigenvalue weighted by molar-refractivity contribution is 5.68. The van der Waals surface area contributed by atoms with Gasteiger partial charge in [-0.25, -0.2) is 9.18 Å². The van der Waals surface area contributed by atoms with Gasteiger partial charge in [0.25, 0.3) is 0 Å². The SMILES string of the molecule is NC1(c2ccc(F)cc2)CCN(C(=O)OCc2ccccc2)C1. The van der Waals surface area contributed by atoms with Crippen LogP contribution in [0.5, 0.6) is 0 Å². The Morgan fingerprint density at radius 2 is 1.87 bits per heavy atom. The second-order valence-corrected chi connectivity index (χ2v) is 5.87. The topological polar surface area (TPSA) is 55.6 Å². The Bertz CT molecular complexity index is 675. The van der Waals surface area contributed by atoms with Crippen LogP contribution in [0.2, 0.25) is 0 Å². The average molecular weight is 314 g/mol. The van der Waals surface area contributed by atoms with E-state index >= 15 is 0 Å². The van der Waals surface area contributed by atoms with Crippen LogP contribution in [0.25, 0.3) is 0 Å². The standard InChI is InChI=1S/C18H19FN2O2/c19-16-8-6-15(7-9-16)18(20)10-11-21(13-18)17(22)23-12-14-4-2-1-3-5-14/h1-9H,10-13,20H2. The molecule has 0 aromatic heterocycles. The maximum Gasteiger partial charge on any atom is 0.410 e. The predicted octanol–water partition coefficient (Wildman–Crippen LogP) is 3.02. The Labute approximate surface area is 134 Å². The summed E-state index contributed by atoms with van der Waals surface area (Å²) in [6.07, 6.45) is 0.252. The van der Waals surface area contributed by atoms with Crippen molar-refractivity contribution in [2.24, 2.45) is 5.73 Å². The molecule has 0 saturated carbocycles. The Balaban J connectivity index is 1.60. The molecule has 1 aliphatic rings. The van der Waals surface area contributed by atoms with Crippen molar-refractivity contribution in [3.05, 3.63) is 71.5 Å². The molecule has 1 unspecified atom stereocenters. The number of rotatable bonds is 3. The Morgan fingerprint density at radius 3 is 2.57 bits per heavy atom. The number of likely N-dealkylation sites (tertiary alicyclic amines) is 1. The van der Waals surface area contributed by atoms with E-state index < -0.39 is 5.54 Å². The van der Waals surface area contributed by atoms with E-state index in [0.717, 1.165) is 11.1 Å². The predicted molar refractivity (Wildman–Crippen MR) is 85.1 cm³/mol. The Kier molecular flexibility index (Phi) is 4.30. The van der Waals surface area contributed by atoms with Crippen LogP contribution in [0, 0.1) is 5.82 Å². The number of hydrogen-bond donors (Lipinski definition) is 1.